The van der Waals surface area contributed by atoms with Gasteiger partial charge in [0.25, 0.3) is 0 Å². The topological polar surface area (TPSA) is 61.8 Å². The molecule has 0 aromatic carbocycles. The number of allylic oxidation sites excluding steroid dienone is 6. The lowest BCUT2D eigenvalue weighted by Crippen LogP contribution is -2.30. The van der Waals surface area contributed by atoms with Crippen LogP contribution >= 0.6 is 0 Å². The number of ether oxygens (including phenoxy) is 3. The van der Waals surface area contributed by atoms with Crippen molar-refractivity contribution in [2.24, 2.45) is 0 Å². The maximum absolute atomic E-state index is 12.9. The van der Waals surface area contributed by atoms with Crippen molar-refractivity contribution in [2.75, 3.05) is 19.8 Å². The smallest absolute Gasteiger partial charge is 0.306 e. The van der Waals surface area contributed by atoms with Gasteiger partial charge < -0.3 is 14.2 Å². The molecule has 0 aromatic rings. The first-order valence-corrected chi connectivity index (χ1v) is 30.5. The van der Waals surface area contributed by atoms with Gasteiger partial charge in [0, 0.05) is 19.4 Å². The Hall–Kier alpha value is -1.88. The molecule has 1 unspecified atom stereocenters. The zero-order valence-corrected chi connectivity index (χ0v) is 46.1. The highest BCUT2D eigenvalue weighted by Gasteiger charge is 2.17. The third-order valence-corrected chi connectivity index (χ3v) is 13.6. The molecule has 0 radical (unpaired) electrons. The Kier molecular flexibility index (Phi) is 57.8. The van der Waals surface area contributed by atoms with Crippen LogP contribution in [0.25, 0.3) is 0 Å². The molecule has 0 N–H and O–H groups in total. The summed E-state index contributed by atoms with van der Waals surface area (Å²) in [5, 5.41) is 0. The van der Waals surface area contributed by atoms with Gasteiger partial charge in [0.15, 0.2) is 6.10 Å². The van der Waals surface area contributed by atoms with Gasteiger partial charge in [-0.05, 0) is 77.0 Å². The maximum atomic E-state index is 12.9. The van der Waals surface area contributed by atoms with Crippen LogP contribution in [0, 0.1) is 0 Å². The fourth-order valence-electron chi connectivity index (χ4n) is 9.07. The standard InChI is InChI=1S/C63H118O5/c1-4-7-10-13-16-19-22-25-28-31-32-34-35-38-41-44-47-50-53-56-62(64)67-60-61(59-66-58-55-52-49-46-43-40-37-30-27-24-21-18-15-12-9-6-3)68-63(65)57-54-51-48-45-42-39-36-33-29-26-23-20-17-14-11-8-5-2/h18,21,26-27,29-30,61H,4-17,19-20,22-25,28,31-60H2,1-3H3/b21-18-,29-26-,30-27-. The first-order chi connectivity index (χ1) is 33.6. The summed E-state index contributed by atoms with van der Waals surface area (Å²) in [4.78, 5) is 25.6. The van der Waals surface area contributed by atoms with Crippen LogP contribution in [0.4, 0.5) is 0 Å². The Balaban J connectivity index is 4.24. The minimum Gasteiger partial charge on any atom is -0.462 e. The molecule has 0 saturated carbocycles. The highest BCUT2D eigenvalue weighted by atomic mass is 16.6. The quantitative estimate of drug-likeness (QED) is 0.0345. The summed E-state index contributed by atoms with van der Waals surface area (Å²) in [6.45, 7) is 7.84. The van der Waals surface area contributed by atoms with E-state index in [0.29, 0.717) is 19.4 Å². The molecule has 0 heterocycles. The van der Waals surface area contributed by atoms with Crippen LogP contribution in [-0.4, -0.2) is 37.9 Å². The number of hydrogen-bond acceptors (Lipinski definition) is 5. The highest BCUT2D eigenvalue weighted by molar-refractivity contribution is 5.70. The molecular formula is C63H118O5. The van der Waals surface area contributed by atoms with E-state index in [1.165, 1.54) is 250 Å². The van der Waals surface area contributed by atoms with E-state index in [2.05, 4.69) is 57.2 Å². The monoisotopic (exact) mass is 955 g/mol. The summed E-state index contributed by atoms with van der Waals surface area (Å²) in [6, 6.07) is 0. The first kappa shape index (κ1) is 66.1. The van der Waals surface area contributed by atoms with Crippen molar-refractivity contribution < 1.29 is 23.8 Å². The summed E-state index contributed by atoms with van der Waals surface area (Å²) in [6.07, 6.45) is 73.1. The maximum Gasteiger partial charge on any atom is 0.306 e. The number of carbonyl (C=O) groups excluding carboxylic acids is 2. The first-order valence-electron chi connectivity index (χ1n) is 30.5. The van der Waals surface area contributed by atoms with Gasteiger partial charge >= 0.3 is 11.9 Å². The number of hydrogen-bond donors (Lipinski definition) is 0. The van der Waals surface area contributed by atoms with Crippen molar-refractivity contribution in [1.29, 1.82) is 0 Å². The Morgan fingerprint density at radius 1 is 0.324 bits per heavy atom. The molecule has 5 heteroatoms. The fraction of sp³-hybridized carbons (Fsp3) is 0.873. The molecule has 0 amide bonds. The molecule has 0 fully saturated rings. The van der Waals surface area contributed by atoms with Crippen LogP contribution in [0.3, 0.4) is 0 Å². The second kappa shape index (κ2) is 59.4. The largest absolute Gasteiger partial charge is 0.462 e. The summed E-state index contributed by atoms with van der Waals surface area (Å²) < 4.78 is 17.5. The van der Waals surface area contributed by atoms with Crippen molar-refractivity contribution in [3.8, 4) is 0 Å². The predicted octanol–water partition coefficient (Wildman–Crippen LogP) is 20.9. The van der Waals surface area contributed by atoms with Crippen molar-refractivity contribution in [1.82, 2.24) is 0 Å². The fourth-order valence-corrected chi connectivity index (χ4v) is 9.07. The normalized spacial score (nSPS) is 12.3. The van der Waals surface area contributed by atoms with E-state index >= 15 is 0 Å². The third kappa shape index (κ3) is 56.7. The molecule has 0 rings (SSSR count). The van der Waals surface area contributed by atoms with E-state index in [4.69, 9.17) is 14.2 Å². The van der Waals surface area contributed by atoms with E-state index in [1.807, 2.05) is 0 Å². The predicted molar refractivity (Wildman–Crippen MR) is 298 cm³/mol. The Labute approximate surface area is 425 Å². The van der Waals surface area contributed by atoms with E-state index < -0.39 is 6.10 Å². The van der Waals surface area contributed by atoms with Crippen LogP contribution in [0.2, 0.25) is 0 Å². The number of esters is 2. The Morgan fingerprint density at radius 2 is 0.618 bits per heavy atom. The van der Waals surface area contributed by atoms with E-state index in [9.17, 15) is 9.59 Å². The molecule has 1 atom stereocenters. The molecule has 68 heavy (non-hydrogen) atoms. The van der Waals surface area contributed by atoms with Gasteiger partial charge in [-0.3, -0.25) is 9.59 Å². The van der Waals surface area contributed by atoms with Crippen LogP contribution in [-0.2, 0) is 23.8 Å². The lowest BCUT2D eigenvalue weighted by molar-refractivity contribution is -0.163. The molecular weight excluding hydrogens is 837 g/mol. The highest BCUT2D eigenvalue weighted by Crippen LogP contribution is 2.17. The van der Waals surface area contributed by atoms with Crippen LogP contribution in [0.1, 0.15) is 329 Å². The second-order valence-electron chi connectivity index (χ2n) is 20.6. The molecule has 0 aromatic heterocycles. The van der Waals surface area contributed by atoms with Gasteiger partial charge in [0.1, 0.15) is 6.61 Å². The second-order valence-corrected chi connectivity index (χ2v) is 20.6. The SMILES string of the molecule is CCCCC/C=C\C/C=C\CCCCCCCCOCC(COC(=O)CCCCCCCCCCCCCCCCCCCCC)OC(=O)CCCCCCCCC/C=C\CCCCCCCC. The Bertz CT molecular complexity index is 1080. The van der Waals surface area contributed by atoms with Gasteiger partial charge in [0.2, 0.25) is 0 Å². The number of carbonyl (C=O) groups is 2. The van der Waals surface area contributed by atoms with Crippen LogP contribution in [0.15, 0.2) is 36.5 Å². The average Bonchev–Trinajstić information content (AvgIpc) is 3.34. The number of rotatable bonds is 57. The van der Waals surface area contributed by atoms with Crippen molar-refractivity contribution in [2.45, 2.75) is 335 Å². The molecule has 0 aliphatic heterocycles. The molecule has 5 nitrogen and oxygen atoms in total. The summed E-state index contributed by atoms with van der Waals surface area (Å²) in [5.74, 6) is -0.387. The third-order valence-electron chi connectivity index (χ3n) is 13.6. The molecule has 400 valence electrons. The van der Waals surface area contributed by atoms with E-state index in [-0.39, 0.29) is 25.2 Å². The van der Waals surface area contributed by atoms with Crippen molar-refractivity contribution in [3.05, 3.63) is 36.5 Å². The van der Waals surface area contributed by atoms with Gasteiger partial charge in [-0.25, -0.2) is 0 Å². The van der Waals surface area contributed by atoms with Crippen LogP contribution < -0.4 is 0 Å². The summed E-state index contributed by atoms with van der Waals surface area (Å²) in [7, 11) is 0. The van der Waals surface area contributed by atoms with Gasteiger partial charge in [-0.1, -0.05) is 276 Å². The molecule has 0 aliphatic rings. The average molecular weight is 956 g/mol. The lowest BCUT2D eigenvalue weighted by Gasteiger charge is -2.18. The zero-order chi connectivity index (χ0) is 49.2. The molecule has 0 saturated heterocycles. The summed E-state index contributed by atoms with van der Waals surface area (Å²) in [5.41, 5.74) is 0. The van der Waals surface area contributed by atoms with Crippen LogP contribution in [0.5, 0.6) is 0 Å². The zero-order valence-electron chi connectivity index (χ0n) is 46.1. The van der Waals surface area contributed by atoms with E-state index in [1.54, 1.807) is 0 Å². The van der Waals surface area contributed by atoms with Gasteiger partial charge in [-0.15, -0.1) is 0 Å². The molecule has 0 spiro atoms. The van der Waals surface area contributed by atoms with Crippen molar-refractivity contribution in [3.63, 3.8) is 0 Å². The van der Waals surface area contributed by atoms with Gasteiger partial charge in [0.05, 0.1) is 6.61 Å². The Morgan fingerprint density at radius 3 is 1.01 bits per heavy atom. The minimum atomic E-state index is -0.541. The molecule has 0 aliphatic carbocycles. The van der Waals surface area contributed by atoms with Crippen molar-refractivity contribution >= 4 is 11.9 Å². The van der Waals surface area contributed by atoms with Gasteiger partial charge in [-0.2, -0.15) is 0 Å². The number of unbranched alkanes of at least 4 members (excludes halogenated alkanes) is 40. The minimum absolute atomic E-state index is 0.0849. The van der Waals surface area contributed by atoms with E-state index in [0.717, 1.165) is 44.9 Å². The summed E-state index contributed by atoms with van der Waals surface area (Å²) >= 11 is 0. The molecule has 0 bridgehead atoms. The lowest BCUT2D eigenvalue weighted by atomic mass is 10.0.